The van der Waals surface area contributed by atoms with Crippen molar-refractivity contribution in [1.29, 1.82) is 0 Å². The molecule has 3 heterocycles. The zero-order valence-electron chi connectivity index (χ0n) is 18.0. The van der Waals surface area contributed by atoms with Crippen LogP contribution in [0.4, 0.5) is 18.3 Å². The molecule has 34 heavy (non-hydrogen) atoms. The average molecular weight is 502 g/mol. The molecule has 5 rings (SSSR count). The molecule has 1 atom stereocenters. The molecular formula is C23H18F3N5OS2. The molecule has 3 aromatic heterocycles. The first-order chi connectivity index (χ1) is 16.2. The summed E-state index contributed by atoms with van der Waals surface area (Å²) in [5.41, 5.74) is 2.50. The predicted molar refractivity (Wildman–Crippen MR) is 128 cm³/mol. The molecular weight excluding hydrogens is 483 g/mol. The van der Waals surface area contributed by atoms with Crippen molar-refractivity contribution in [2.45, 2.75) is 11.1 Å². The van der Waals surface area contributed by atoms with Crippen LogP contribution in [0.1, 0.15) is 5.56 Å². The summed E-state index contributed by atoms with van der Waals surface area (Å²) in [4.78, 5) is 4.66. The van der Waals surface area contributed by atoms with Gasteiger partial charge in [-0.2, -0.15) is 18.3 Å². The Morgan fingerprint density at radius 2 is 1.82 bits per heavy atom. The predicted octanol–water partition coefficient (Wildman–Crippen LogP) is 5.86. The van der Waals surface area contributed by atoms with Gasteiger partial charge in [0, 0.05) is 60.1 Å². The van der Waals surface area contributed by atoms with Crippen molar-refractivity contribution in [3.05, 3.63) is 72.0 Å². The zero-order chi connectivity index (χ0) is 24.0. The van der Waals surface area contributed by atoms with Gasteiger partial charge in [-0.05, 0) is 35.9 Å². The number of hydrogen-bond donors (Lipinski definition) is 1. The number of thiazole rings is 1. The van der Waals surface area contributed by atoms with E-state index in [1.54, 1.807) is 41.6 Å². The number of rotatable bonds is 5. The molecule has 0 saturated heterocycles. The van der Waals surface area contributed by atoms with Crippen molar-refractivity contribution < 1.29 is 17.4 Å². The fourth-order valence-corrected chi connectivity index (χ4v) is 5.44. The lowest BCUT2D eigenvalue weighted by atomic mass is 9.95. The van der Waals surface area contributed by atoms with Gasteiger partial charge in [0.05, 0.1) is 16.2 Å². The van der Waals surface area contributed by atoms with E-state index in [1.807, 2.05) is 29.9 Å². The lowest BCUT2D eigenvalue weighted by Gasteiger charge is -2.14. The van der Waals surface area contributed by atoms with Crippen LogP contribution in [0.5, 0.6) is 0 Å². The van der Waals surface area contributed by atoms with Gasteiger partial charge in [-0.1, -0.05) is 12.1 Å². The van der Waals surface area contributed by atoms with E-state index in [0.29, 0.717) is 26.8 Å². The summed E-state index contributed by atoms with van der Waals surface area (Å²) in [6.45, 7) is 0. The molecule has 0 aliphatic rings. The lowest BCUT2D eigenvalue weighted by molar-refractivity contribution is -0.137. The second kappa shape index (κ2) is 8.41. The van der Waals surface area contributed by atoms with Gasteiger partial charge in [0.2, 0.25) is 0 Å². The molecule has 0 fully saturated rings. The molecule has 0 saturated carbocycles. The molecule has 0 amide bonds. The van der Waals surface area contributed by atoms with Crippen LogP contribution in [0.15, 0.2) is 71.3 Å². The number of fused-ring (bicyclic) bond motifs is 1. The molecule has 2 aromatic carbocycles. The van der Waals surface area contributed by atoms with E-state index in [9.17, 15) is 17.4 Å². The van der Waals surface area contributed by atoms with Crippen molar-refractivity contribution >= 4 is 38.4 Å². The Morgan fingerprint density at radius 1 is 1.00 bits per heavy atom. The van der Waals surface area contributed by atoms with E-state index in [1.165, 1.54) is 17.4 Å². The summed E-state index contributed by atoms with van der Waals surface area (Å²) in [5, 5.41) is 7.31. The van der Waals surface area contributed by atoms with Gasteiger partial charge in [0.25, 0.3) is 0 Å². The Labute approximate surface area is 199 Å². The number of halogens is 3. The molecule has 1 unspecified atom stereocenters. The lowest BCUT2D eigenvalue weighted by Crippen LogP contribution is -2.06. The first-order valence-corrected chi connectivity index (χ1v) is 12.1. The third-order valence-electron chi connectivity index (χ3n) is 5.52. The van der Waals surface area contributed by atoms with Gasteiger partial charge in [-0.3, -0.25) is 9.40 Å². The molecule has 6 nitrogen and oxygen atoms in total. The van der Waals surface area contributed by atoms with E-state index >= 15 is 0 Å². The van der Waals surface area contributed by atoms with Crippen LogP contribution in [0, 0.1) is 0 Å². The minimum atomic E-state index is -4.46. The molecule has 0 aliphatic heterocycles. The van der Waals surface area contributed by atoms with Gasteiger partial charge in [-0.25, -0.2) is 9.19 Å². The number of nitrogens with zero attached hydrogens (tertiary/aromatic N) is 4. The van der Waals surface area contributed by atoms with Gasteiger partial charge < -0.3 is 4.57 Å². The van der Waals surface area contributed by atoms with Gasteiger partial charge in [0.1, 0.15) is 0 Å². The Kier molecular flexibility index (Phi) is 5.53. The van der Waals surface area contributed by atoms with Crippen LogP contribution in [0.2, 0.25) is 0 Å². The molecule has 0 bridgehead atoms. The number of hydrogen-bond acceptors (Lipinski definition) is 4. The fourth-order valence-electron chi connectivity index (χ4n) is 3.91. The van der Waals surface area contributed by atoms with Crippen LogP contribution < -0.4 is 4.72 Å². The highest BCUT2D eigenvalue weighted by atomic mass is 32.2. The number of nitrogens with one attached hydrogen (secondary N) is 1. The Morgan fingerprint density at radius 3 is 2.50 bits per heavy atom. The summed E-state index contributed by atoms with van der Waals surface area (Å²) in [7, 11) is 2.03. The number of benzene rings is 2. The van der Waals surface area contributed by atoms with Gasteiger partial charge >= 0.3 is 6.18 Å². The Hall–Kier alpha value is -3.44. The van der Waals surface area contributed by atoms with Gasteiger partial charge in [-0.15, -0.1) is 11.3 Å². The average Bonchev–Trinajstić information content (AvgIpc) is 3.54. The van der Waals surface area contributed by atoms with Gasteiger partial charge in [0.15, 0.2) is 16.1 Å². The summed E-state index contributed by atoms with van der Waals surface area (Å²) in [5.74, 6) is 0. The first-order valence-electron chi connectivity index (χ1n) is 10.1. The van der Waals surface area contributed by atoms with Crippen LogP contribution in [-0.4, -0.2) is 23.5 Å². The Balaban J connectivity index is 1.63. The maximum Gasteiger partial charge on any atom is 0.416 e. The van der Waals surface area contributed by atoms with E-state index in [0.717, 1.165) is 28.6 Å². The largest absolute Gasteiger partial charge is 0.416 e. The van der Waals surface area contributed by atoms with E-state index in [4.69, 9.17) is 0 Å². The normalized spacial score (nSPS) is 12.9. The topological polar surface area (TPSA) is 64.7 Å². The molecule has 0 aliphatic carbocycles. The van der Waals surface area contributed by atoms with Crippen LogP contribution in [-0.2, 0) is 31.3 Å². The maximum atomic E-state index is 13.5. The molecule has 174 valence electrons. The minimum Gasteiger partial charge on any atom is -0.350 e. The van der Waals surface area contributed by atoms with Crippen molar-refractivity contribution in [1.82, 2.24) is 19.3 Å². The van der Waals surface area contributed by atoms with Crippen molar-refractivity contribution in [2.24, 2.45) is 14.1 Å². The summed E-state index contributed by atoms with van der Waals surface area (Å²) in [6.07, 6.45) is 0.586. The highest BCUT2D eigenvalue weighted by Gasteiger charge is 2.32. The van der Waals surface area contributed by atoms with E-state index in [-0.39, 0.29) is 0 Å². The van der Waals surface area contributed by atoms with E-state index < -0.39 is 22.7 Å². The fraction of sp³-hybridized carbons (Fsp3) is 0.130. The van der Waals surface area contributed by atoms with Crippen LogP contribution in [0.3, 0.4) is 0 Å². The number of anilines is 1. The molecule has 0 radical (unpaired) electrons. The van der Waals surface area contributed by atoms with E-state index in [2.05, 4.69) is 14.8 Å². The number of alkyl halides is 3. The monoisotopic (exact) mass is 501 g/mol. The van der Waals surface area contributed by atoms with Crippen molar-refractivity contribution in [3.8, 4) is 22.4 Å². The first kappa shape index (κ1) is 22.4. The van der Waals surface area contributed by atoms with Crippen molar-refractivity contribution in [3.63, 3.8) is 0 Å². The van der Waals surface area contributed by atoms with Crippen molar-refractivity contribution in [2.75, 3.05) is 4.72 Å². The molecule has 11 heteroatoms. The standard InChI is InChI=1S/C23H18F3N5OS2/c1-30-13-19(17-6-4-15(12-21(17)30)34(32)29-22-27-9-10-33-22)16-5-3-14(23(24,25)26)11-18(16)20-7-8-28-31(20)2/h3-13H,1-2H3,(H,27,29). The smallest absolute Gasteiger partial charge is 0.350 e. The SMILES string of the molecule is Cn1nccc1-c1cc(C(F)(F)F)ccc1-c1cn(C)c2cc(S(=O)Nc3nccs3)ccc12. The van der Waals surface area contributed by atoms with Crippen LogP contribution >= 0.6 is 11.3 Å². The quantitative estimate of drug-likeness (QED) is 0.328. The maximum absolute atomic E-state index is 13.5. The summed E-state index contributed by atoms with van der Waals surface area (Å²) >= 11 is 1.35. The zero-order valence-corrected chi connectivity index (χ0v) is 19.6. The minimum absolute atomic E-state index is 0.431. The number of aromatic nitrogens is 4. The second-order valence-corrected chi connectivity index (χ2v) is 9.75. The summed E-state index contributed by atoms with van der Waals surface area (Å²) in [6, 6.07) is 10.8. The highest BCUT2D eigenvalue weighted by Crippen LogP contribution is 2.41. The highest BCUT2D eigenvalue weighted by molar-refractivity contribution is 7.86. The third-order valence-corrected chi connectivity index (χ3v) is 7.40. The van der Waals surface area contributed by atoms with Crippen LogP contribution in [0.25, 0.3) is 33.3 Å². The third kappa shape index (κ3) is 4.01. The molecule has 5 aromatic rings. The summed E-state index contributed by atoms with van der Waals surface area (Å²) < 4.78 is 59.5. The Bertz CT molecular complexity index is 1520. The second-order valence-electron chi connectivity index (χ2n) is 7.64. The number of aryl methyl sites for hydroxylation is 2. The molecule has 1 N–H and O–H groups in total. The molecule has 0 spiro atoms.